The number of halogens is 1. The molecule has 0 radical (unpaired) electrons. The van der Waals surface area contributed by atoms with Crippen molar-refractivity contribution in [2.24, 2.45) is 0 Å². The van der Waals surface area contributed by atoms with Gasteiger partial charge in [0, 0.05) is 0 Å². The van der Waals surface area contributed by atoms with Crippen molar-refractivity contribution in [2.45, 2.75) is 31.0 Å². The van der Waals surface area contributed by atoms with Gasteiger partial charge < -0.3 is 35.2 Å². The van der Waals surface area contributed by atoms with Crippen molar-refractivity contribution in [1.29, 1.82) is 0 Å². The molecule has 2 aromatic rings. The van der Waals surface area contributed by atoms with Gasteiger partial charge in [0.2, 0.25) is 0 Å². The number of hydrogen-bond donors (Lipinski definition) is 6. The zero-order valence-electron chi connectivity index (χ0n) is 15.8. The van der Waals surface area contributed by atoms with Crippen LogP contribution in [-0.2, 0) is 31.6 Å². The number of hydrogen-bond acceptors (Lipinski definition) is 12. The fraction of sp³-hybridized carbons (Fsp3) is 0.545. The van der Waals surface area contributed by atoms with E-state index in [2.05, 4.69) is 28.1 Å². The number of aliphatic hydroxyl groups is 1. The van der Waals surface area contributed by atoms with Gasteiger partial charge in [-0.3, -0.25) is 9.09 Å². The lowest BCUT2D eigenvalue weighted by Crippen LogP contribution is -2.40. The minimum Gasteiger partial charge on any atom is -0.387 e. The number of nitrogens with zero attached hydrogens (tertiary/aromatic N) is 4. The molecular formula is C11H17FN5O12P3. The van der Waals surface area contributed by atoms with Gasteiger partial charge in [-0.05, 0) is 6.92 Å². The highest BCUT2D eigenvalue weighted by molar-refractivity contribution is 7.66. The highest BCUT2D eigenvalue weighted by atomic mass is 31.3. The lowest BCUT2D eigenvalue weighted by Gasteiger charge is -2.24. The largest absolute Gasteiger partial charge is 0.490 e. The second-order valence-corrected chi connectivity index (χ2v) is 11.0. The number of aromatic nitrogens is 4. The molecule has 21 heteroatoms. The Hall–Kier alpha value is -1.39. The fourth-order valence-corrected chi connectivity index (χ4v) is 5.89. The van der Waals surface area contributed by atoms with Crippen LogP contribution < -0.4 is 5.73 Å². The SMILES string of the molecule is C[C@@]1(F)[C@H](O)[C@@H](COP(=O)(O)OP(=O)(O)OP(=O)(O)O)O[C@H]1n1cnc2c(N)ncnc21. The van der Waals surface area contributed by atoms with Crippen molar-refractivity contribution in [1.82, 2.24) is 19.5 Å². The summed E-state index contributed by atoms with van der Waals surface area (Å²) in [5, 5.41) is 10.3. The number of alkyl halides is 1. The van der Waals surface area contributed by atoms with Crippen LogP contribution in [0.5, 0.6) is 0 Å². The molecule has 0 aromatic carbocycles. The number of nitrogen functional groups attached to an aromatic ring is 1. The Kier molecular flexibility index (Phi) is 6.65. The Balaban J connectivity index is 1.74. The van der Waals surface area contributed by atoms with Gasteiger partial charge in [0.1, 0.15) is 24.1 Å². The maximum atomic E-state index is 15.3. The van der Waals surface area contributed by atoms with Gasteiger partial charge in [-0.2, -0.15) is 8.62 Å². The van der Waals surface area contributed by atoms with Crippen molar-refractivity contribution in [2.75, 3.05) is 12.3 Å². The number of fused-ring (bicyclic) bond motifs is 1. The molecule has 0 bridgehead atoms. The van der Waals surface area contributed by atoms with E-state index >= 15 is 4.39 Å². The Bertz CT molecular complexity index is 1150. The van der Waals surface area contributed by atoms with E-state index in [0.29, 0.717) is 0 Å². The number of nitrogens with two attached hydrogens (primary N) is 1. The zero-order valence-corrected chi connectivity index (χ0v) is 18.5. The van der Waals surface area contributed by atoms with Crippen LogP contribution in [0.3, 0.4) is 0 Å². The Morgan fingerprint density at radius 2 is 1.84 bits per heavy atom. The van der Waals surface area contributed by atoms with Crippen LogP contribution in [0.4, 0.5) is 10.2 Å². The number of imidazole rings is 1. The number of rotatable bonds is 8. The highest BCUT2D eigenvalue weighted by Gasteiger charge is 2.56. The van der Waals surface area contributed by atoms with Crippen LogP contribution in [0.1, 0.15) is 13.2 Å². The van der Waals surface area contributed by atoms with E-state index < -0.39 is 54.2 Å². The van der Waals surface area contributed by atoms with Gasteiger partial charge in [-0.15, -0.1) is 0 Å². The number of aliphatic hydroxyl groups excluding tert-OH is 1. The lowest BCUT2D eigenvalue weighted by atomic mass is 9.98. The van der Waals surface area contributed by atoms with Crippen LogP contribution in [0.25, 0.3) is 11.2 Å². The Morgan fingerprint density at radius 1 is 1.19 bits per heavy atom. The molecule has 17 nitrogen and oxygen atoms in total. The predicted molar refractivity (Wildman–Crippen MR) is 99.0 cm³/mol. The summed E-state index contributed by atoms with van der Waals surface area (Å²) in [5.74, 6) is -0.00272. The molecule has 7 N–H and O–H groups in total. The van der Waals surface area contributed by atoms with E-state index in [4.69, 9.17) is 25.2 Å². The number of phosphoric acid groups is 3. The molecular weight excluding hydrogens is 506 g/mol. The van der Waals surface area contributed by atoms with E-state index in [0.717, 1.165) is 24.1 Å². The summed E-state index contributed by atoms with van der Waals surface area (Å²) in [6, 6.07) is 0. The van der Waals surface area contributed by atoms with Gasteiger partial charge in [0.15, 0.2) is 23.4 Å². The third-order valence-corrected chi connectivity index (χ3v) is 7.98. The van der Waals surface area contributed by atoms with Crippen molar-refractivity contribution >= 4 is 40.4 Å². The summed E-state index contributed by atoms with van der Waals surface area (Å²) in [5.41, 5.74) is 3.34. The van der Waals surface area contributed by atoms with E-state index in [1.54, 1.807) is 0 Å². The molecule has 1 aliphatic rings. The molecule has 0 amide bonds. The first-order chi connectivity index (χ1) is 14.5. The molecule has 3 heterocycles. The second-order valence-electron chi connectivity index (χ2n) is 6.59. The first-order valence-electron chi connectivity index (χ1n) is 8.26. The minimum absolute atomic E-state index is 0.00272. The number of ether oxygens (including phenoxy) is 1. The standard InChI is InChI=1S/C11H17FN5O12P3/c1-11(12)7(18)5(2-26-31(22,23)29-32(24,25)28-30(19,20)21)27-10(11)17-4-16-6-8(13)14-3-15-9(6)17/h3-5,7,10,18H,2H2,1H3,(H,22,23)(H,24,25)(H2,13,14,15)(H2,19,20,21)/t5-,7-,10-,11-/m1/s1. The molecule has 6 atom stereocenters. The molecule has 0 saturated carbocycles. The summed E-state index contributed by atoms with van der Waals surface area (Å²) in [6.07, 6.45) is -2.92. The molecule has 1 aliphatic heterocycles. The van der Waals surface area contributed by atoms with Gasteiger partial charge in [0.25, 0.3) is 0 Å². The van der Waals surface area contributed by atoms with Gasteiger partial charge in [0.05, 0.1) is 12.9 Å². The maximum Gasteiger partial charge on any atom is 0.490 e. The van der Waals surface area contributed by atoms with Crippen molar-refractivity contribution in [3.05, 3.63) is 12.7 Å². The van der Waals surface area contributed by atoms with E-state index in [1.165, 1.54) is 0 Å². The first kappa shape index (κ1) is 25.2. The van der Waals surface area contributed by atoms with Crippen LogP contribution in [0.15, 0.2) is 12.7 Å². The van der Waals surface area contributed by atoms with E-state index in [1.807, 2.05) is 0 Å². The average molecular weight is 523 g/mol. The molecule has 180 valence electrons. The Labute approximate surface area is 177 Å². The predicted octanol–water partition coefficient (Wildman–Crippen LogP) is -0.262. The van der Waals surface area contributed by atoms with E-state index in [9.17, 15) is 23.7 Å². The topological polar surface area (TPSA) is 259 Å². The van der Waals surface area contributed by atoms with Crippen LogP contribution in [-0.4, -0.2) is 68.7 Å². The summed E-state index contributed by atoms with van der Waals surface area (Å²) in [6.45, 7) is -0.0891. The van der Waals surface area contributed by atoms with Crippen molar-refractivity contribution in [3.63, 3.8) is 0 Å². The number of phosphoric ester groups is 1. The third-order valence-electron chi connectivity index (χ3n) is 4.17. The van der Waals surface area contributed by atoms with E-state index in [-0.39, 0.29) is 17.0 Å². The highest BCUT2D eigenvalue weighted by Crippen LogP contribution is 2.66. The summed E-state index contributed by atoms with van der Waals surface area (Å²) >= 11 is 0. The monoisotopic (exact) mass is 523 g/mol. The molecule has 1 fully saturated rings. The van der Waals surface area contributed by atoms with Gasteiger partial charge >= 0.3 is 23.5 Å². The van der Waals surface area contributed by atoms with Crippen LogP contribution in [0, 0.1) is 0 Å². The molecule has 0 aliphatic carbocycles. The minimum atomic E-state index is -5.74. The van der Waals surface area contributed by atoms with Gasteiger partial charge in [-0.1, -0.05) is 0 Å². The summed E-state index contributed by atoms with van der Waals surface area (Å²) < 4.78 is 67.1. The quantitative estimate of drug-likeness (QED) is 0.243. The fourth-order valence-electron chi connectivity index (χ4n) is 2.86. The van der Waals surface area contributed by atoms with Crippen LogP contribution in [0.2, 0.25) is 0 Å². The maximum absolute atomic E-state index is 15.3. The average Bonchev–Trinajstić information content (AvgIpc) is 3.11. The molecule has 0 spiro atoms. The molecule has 32 heavy (non-hydrogen) atoms. The molecule has 2 unspecified atom stereocenters. The molecule has 2 aromatic heterocycles. The Morgan fingerprint density at radius 3 is 2.47 bits per heavy atom. The lowest BCUT2D eigenvalue weighted by molar-refractivity contribution is -0.0560. The van der Waals surface area contributed by atoms with Crippen molar-refractivity contribution in [3.8, 4) is 0 Å². The number of anilines is 1. The zero-order chi connectivity index (χ0) is 24.1. The normalized spacial score (nSPS) is 30.3. The molecule has 3 rings (SSSR count). The molecule has 1 saturated heterocycles. The smallest absolute Gasteiger partial charge is 0.387 e. The van der Waals surface area contributed by atoms with Crippen molar-refractivity contribution < 1.29 is 60.6 Å². The first-order valence-corrected chi connectivity index (χ1v) is 12.8. The third kappa shape index (κ3) is 5.39. The summed E-state index contributed by atoms with van der Waals surface area (Å²) in [7, 11) is -16.8. The van der Waals surface area contributed by atoms with Gasteiger partial charge in [-0.25, -0.2) is 33.0 Å². The van der Waals surface area contributed by atoms with Crippen LogP contribution >= 0.6 is 23.5 Å². The second kappa shape index (κ2) is 8.43. The summed E-state index contributed by atoms with van der Waals surface area (Å²) in [4.78, 5) is 47.3.